The number of benzene rings is 1. The predicted octanol–water partition coefficient (Wildman–Crippen LogP) is -3.36. The van der Waals surface area contributed by atoms with Crippen molar-refractivity contribution in [2.24, 2.45) is 0 Å². The molecule has 7 amide bonds. The summed E-state index contributed by atoms with van der Waals surface area (Å²) in [6, 6.07) is 7.71. The molecule has 50 heavy (non-hydrogen) atoms. The Hall–Kier alpha value is -5.20. The van der Waals surface area contributed by atoms with E-state index in [2.05, 4.69) is 21.3 Å². The van der Waals surface area contributed by atoms with Crippen molar-refractivity contribution in [3.05, 3.63) is 48.0 Å². The Balaban J connectivity index is 1.35. The Labute approximate surface area is 288 Å². The lowest BCUT2D eigenvalue weighted by molar-refractivity contribution is -0.139. The second-order valence-electron chi connectivity index (χ2n) is 11.3. The van der Waals surface area contributed by atoms with Crippen molar-refractivity contribution in [2.75, 3.05) is 85.3 Å². The maximum atomic E-state index is 12.7. The minimum absolute atomic E-state index is 0.0109. The van der Waals surface area contributed by atoms with Crippen molar-refractivity contribution in [1.82, 2.24) is 36.0 Å². The third kappa shape index (κ3) is 14.5. The largest absolute Gasteiger partial charge is 0.480 e. The normalized spacial score (nSPS) is 16.5. The fourth-order valence-corrected chi connectivity index (χ4v) is 4.86. The number of nitrogens with one attached hydrogen (secondary N) is 4. The molecule has 272 valence electrons. The molecule has 0 unspecified atom stereocenters. The monoisotopic (exact) mass is 701 g/mol. The number of hydrogen-bond acceptors (Lipinski definition) is 11. The molecule has 0 aliphatic carbocycles. The Morgan fingerprint density at radius 3 is 1.94 bits per heavy atom. The number of carbonyl (C=O) groups is 8. The zero-order valence-electron chi connectivity index (χ0n) is 27.6. The quantitative estimate of drug-likeness (QED) is 0.113. The molecule has 1 aromatic rings. The molecule has 1 atom stereocenters. The highest BCUT2D eigenvalue weighted by Gasteiger charge is 2.25. The van der Waals surface area contributed by atoms with Crippen LogP contribution in [0.5, 0.6) is 0 Å². The van der Waals surface area contributed by atoms with E-state index >= 15 is 0 Å². The molecule has 0 bridgehead atoms. The summed E-state index contributed by atoms with van der Waals surface area (Å²) in [7, 11) is 0. The fraction of sp³-hybridized carbons (Fsp3) is 0.500. The van der Waals surface area contributed by atoms with Crippen molar-refractivity contribution in [1.29, 1.82) is 0 Å². The minimum Gasteiger partial charge on any atom is -0.480 e. The van der Waals surface area contributed by atoms with E-state index in [0.717, 1.165) is 10.5 Å². The first-order valence-corrected chi connectivity index (χ1v) is 16.1. The number of hydrogen-bond donors (Lipinski definition) is 5. The molecule has 1 saturated heterocycles. The molecule has 2 heterocycles. The van der Waals surface area contributed by atoms with E-state index in [9.17, 15) is 38.4 Å². The lowest BCUT2D eigenvalue weighted by Gasteiger charge is -2.26. The number of ether oxygens (including phenoxy) is 2. The van der Waals surface area contributed by atoms with Gasteiger partial charge in [0.2, 0.25) is 29.5 Å². The first-order chi connectivity index (χ1) is 24.0. The van der Waals surface area contributed by atoms with Crippen LogP contribution >= 0.6 is 0 Å². The molecule has 0 radical (unpaired) electrons. The van der Waals surface area contributed by atoms with Crippen molar-refractivity contribution in [3.8, 4) is 0 Å². The number of nitrogens with zero attached hydrogens (tertiary/aromatic N) is 3. The Bertz CT molecular complexity index is 1370. The van der Waals surface area contributed by atoms with Gasteiger partial charge in [0.1, 0.15) is 12.6 Å². The Morgan fingerprint density at radius 2 is 1.32 bits per heavy atom. The van der Waals surface area contributed by atoms with Crippen LogP contribution in [0.4, 0.5) is 0 Å². The maximum Gasteiger partial charge on any atom is 0.322 e. The van der Waals surface area contributed by atoms with Gasteiger partial charge in [0, 0.05) is 57.7 Å². The summed E-state index contributed by atoms with van der Waals surface area (Å²) < 4.78 is 11.3. The van der Waals surface area contributed by atoms with Crippen molar-refractivity contribution >= 4 is 47.3 Å². The molecular formula is C32H43N7O11. The minimum atomic E-state index is -1.24. The summed E-state index contributed by atoms with van der Waals surface area (Å²) in [6.45, 7) is 0.688. The number of aliphatic carboxylic acids is 1. The molecular weight excluding hydrogens is 658 g/mol. The molecule has 18 heteroatoms. The van der Waals surface area contributed by atoms with E-state index in [0.29, 0.717) is 13.1 Å². The zero-order chi connectivity index (χ0) is 36.3. The summed E-state index contributed by atoms with van der Waals surface area (Å²) in [5, 5.41) is 18.5. The highest BCUT2D eigenvalue weighted by molar-refractivity contribution is 6.13. The van der Waals surface area contributed by atoms with Crippen LogP contribution < -0.4 is 21.3 Å². The van der Waals surface area contributed by atoms with E-state index < -0.39 is 67.1 Å². The van der Waals surface area contributed by atoms with Gasteiger partial charge in [0.15, 0.2) is 0 Å². The molecule has 0 aromatic heterocycles. The van der Waals surface area contributed by atoms with Crippen LogP contribution in [0.25, 0.3) is 0 Å². The van der Waals surface area contributed by atoms with E-state index in [-0.39, 0.29) is 71.4 Å². The van der Waals surface area contributed by atoms with Gasteiger partial charge in [-0.2, -0.15) is 0 Å². The predicted molar refractivity (Wildman–Crippen MR) is 174 cm³/mol. The highest BCUT2D eigenvalue weighted by Crippen LogP contribution is 2.07. The van der Waals surface area contributed by atoms with Gasteiger partial charge >= 0.3 is 5.97 Å². The van der Waals surface area contributed by atoms with Gasteiger partial charge in [0.25, 0.3) is 11.8 Å². The molecule has 1 aromatic carbocycles. The van der Waals surface area contributed by atoms with Crippen LogP contribution in [-0.2, 0) is 54.3 Å². The third-order valence-electron chi connectivity index (χ3n) is 7.52. The first kappa shape index (κ1) is 39.2. The standard InChI is InChI=1S/C32H43N7O11/c40-25(33-20-26(41)36-24(32(48)35-21-31(46)47)18-23-4-2-1-3-5-23)19-34-27(42)22-37-10-14-49-16-12-38(13-17-50-15-11-37)28(43)8-9-39-29(44)6-7-30(39)45/h1-7,24H,8-22H2,(H,33,40)(H,34,42)(H,35,48)(H,36,41)(H,46,47)/t24-/m0/s1. The van der Waals surface area contributed by atoms with Gasteiger partial charge in [-0.25, -0.2) is 0 Å². The second kappa shape index (κ2) is 21.0. The molecule has 3 rings (SSSR count). The van der Waals surface area contributed by atoms with E-state index in [4.69, 9.17) is 14.6 Å². The number of carboxylic acid groups (broad SMARTS) is 1. The van der Waals surface area contributed by atoms with Gasteiger partial charge in [-0.05, 0) is 5.56 Å². The summed E-state index contributed by atoms with van der Waals surface area (Å²) in [5.41, 5.74) is 0.728. The van der Waals surface area contributed by atoms with Crippen LogP contribution in [0.15, 0.2) is 42.5 Å². The van der Waals surface area contributed by atoms with Gasteiger partial charge < -0.3 is 40.7 Å². The van der Waals surface area contributed by atoms with Gasteiger partial charge in [-0.15, -0.1) is 0 Å². The Morgan fingerprint density at radius 1 is 0.740 bits per heavy atom. The van der Waals surface area contributed by atoms with Crippen molar-refractivity contribution in [2.45, 2.75) is 18.9 Å². The molecule has 5 N–H and O–H groups in total. The van der Waals surface area contributed by atoms with Crippen LogP contribution in [0, 0.1) is 0 Å². The summed E-state index contributed by atoms with van der Waals surface area (Å²) in [5.74, 6) is -4.84. The number of rotatable bonds is 15. The fourth-order valence-electron chi connectivity index (χ4n) is 4.86. The van der Waals surface area contributed by atoms with Crippen LogP contribution in [0.1, 0.15) is 12.0 Å². The van der Waals surface area contributed by atoms with Crippen molar-refractivity contribution in [3.63, 3.8) is 0 Å². The number of amides is 7. The zero-order valence-corrected chi connectivity index (χ0v) is 27.6. The van der Waals surface area contributed by atoms with Gasteiger partial charge in [-0.1, -0.05) is 30.3 Å². The van der Waals surface area contributed by atoms with E-state index in [1.807, 2.05) is 0 Å². The summed E-state index contributed by atoms with van der Waals surface area (Å²) in [6.07, 6.45) is 2.42. The average molecular weight is 702 g/mol. The number of carbonyl (C=O) groups excluding carboxylic acids is 7. The van der Waals surface area contributed by atoms with E-state index in [1.165, 1.54) is 12.2 Å². The number of imide groups is 1. The lowest BCUT2D eigenvalue weighted by atomic mass is 10.1. The van der Waals surface area contributed by atoms with Crippen LogP contribution in [0.3, 0.4) is 0 Å². The number of carboxylic acids is 1. The Kier molecular flexibility index (Phi) is 16.5. The second-order valence-corrected chi connectivity index (χ2v) is 11.3. The van der Waals surface area contributed by atoms with Crippen molar-refractivity contribution < 1.29 is 52.9 Å². The molecule has 1 fully saturated rings. The smallest absolute Gasteiger partial charge is 0.322 e. The SMILES string of the molecule is O=C(O)CNC(=O)[C@H](Cc1ccccc1)NC(=O)CNC(=O)CNC(=O)CN1CCOCCN(C(=O)CCN2C(=O)C=CC2=O)CCOCC1. The van der Waals surface area contributed by atoms with Gasteiger partial charge in [0.05, 0.1) is 46.1 Å². The molecule has 18 nitrogen and oxygen atoms in total. The van der Waals surface area contributed by atoms with Gasteiger partial charge in [-0.3, -0.25) is 48.2 Å². The molecule has 2 aliphatic heterocycles. The van der Waals surface area contributed by atoms with Crippen LogP contribution in [-0.4, -0.2) is 158 Å². The lowest BCUT2D eigenvalue weighted by Crippen LogP contribution is -2.52. The first-order valence-electron chi connectivity index (χ1n) is 16.1. The third-order valence-corrected chi connectivity index (χ3v) is 7.52. The molecule has 0 saturated carbocycles. The summed E-state index contributed by atoms with van der Waals surface area (Å²) in [4.78, 5) is 101. The summed E-state index contributed by atoms with van der Waals surface area (Å²) >= 11 is 0. The maximum absolute atomic E-state index is 12.7. The topological polar surface area (TPSA) is 233 Å². The molecule has 2 aliphatic rings. The van der Waals surface area contributed by atoms with E-state index in [1.54, 1.807) is 40.1 Å². The van der Waals surface area contributed by atoms with Crippen LogP contribution in [0.2, 0.25) is 0 Å². The highest BCUT2D eigenvalue weighted by atomic mass is 16.5. The molecule has 0 spiro atoms. The average Bonchev–Trinajstić information content (AvgIpc) is 3.41.